The topological polar surface area (TPSA) is 49.0 Å². The molecule has 2 aromatic carbocycles. The lowest BCUT2D eigenvalue weighted by atomic mass is 9.87. The van der Waals surface area contributed by atoms with Crippen molar-refractivity contribution in [1.29, 1.82) is 0 Å². The van der Waals surface area contributed by atoms with Crippen LogP contribution in [-0.2, 0) is 12.8 Å². The molecule has 2 aromatic rings. The highest BCUT2D eigenvalue weighted by molar-refractivity contribution is 5.50. The van der Waals surface area contributed by atoms with Crippen LogP contribution in [0.15, 0.2) is 30.3 Å². The number of ether oxygens (including phenoxy) is 4. The molecule has 0 fully saturated rings. The smallest absolute Gasteiger partial charge is 0.231 e. The van der Waals surface area contributed by atoms with Crippen molar-refractivity contribution in [2.45, 2.75) is 31.8 Å². The minimum atomic E-state index is 0.221. The lowest BCUT2D eigenvalue weighted by Gasteiger charge is -2.32. The molecule has 25 heavy (non-hydrogen) atoms. The Bertz CT molecular complexity index is 790. The van der Waals surface area contributed by atoms with Gasteiger partial charge in [0.05, 0.1) is 14.2 Å². The Balaban J connectivity index is 1.67. The molecule has 5 heteroatoms. The molecule has 0 bridgehead atoms. The van der Waals surface area contributed by atoms with Gasteiger partial charge in [-0.25, -0.2) is 0 Å². The van der Waals surface area contributed by atoms with E-state index in [1.54, 1.807) is 14.2 Å². The van der Waals surface area contributed by atoms with Gasteiger partial charge in [0.15, 0.2) is 23.0 Å². The molecule has 2 unspecified atom stereocenters. The molecule has 0 aliphatic carbocycles. The first-order valence-corrected chi connectivity index (χ1v) is 8.57. The maximum absolute atomic E-state index is 5.51. The van der Waals surface area contributed by atoms with E-state index in [0.717, 1.165) is 35.8 Å². The predicted octanol–water partition coefficient (Wildman–Crippen LogP) is 3.25. The molecule has 5 nitrogen and oxygen atoms in total. The fraction of sp³-hybridized carbons (Fsp3) is 0.400. The van der Waals surface area contributed by atoms with Gasteiger partial charge in [0.2, 0.25) is 6.79 Å². The van der Waals surface area contributed by atoms with E-state index in [2.05, 4.69) is 36.5 Å². The Kier molecular flexibility index (Phi) is 4.17. The van der Waals surface area contributed by atoms with Gasteiger partial charge in [-0.1, -0.05) is 6.07 Å². The van der Waals surface area contributed by atoms with Gasteiger partial charge in [-0.3, -0.25) is 0 Å². The molecule has 0 radical (unpaired) electrons. The highest BCUT2D eigenvalue weighted by Crippen LogP contribution is 2.38. The summed E-state index contributed by atoms with van der Waals surface area (Å²) in [5, 5.41) is 3.71. The molecule has 132 valence electrons. The summed E-state index contributed by atoms with van der Waals surface area (Å²) >= 11 is 0. The highest BCUT2D eigenvalue weighted by Gasteiger charge is 2.27. The molecule has 0 spiro atoms. The van der Waals surface area contributed by atoms with Crippen molar-refractivity contribution in [3.8, 4) is 23.0 Å². The summed E-state index contributed by atoms with van der Waals surface area (Å²) in [4.78, 5) is 0. The van der Waals surface area contributed by atoms with Gasteiger partial charge in [-0.2, -0.15) is 0 Å². The summed E-state index contributed by atoms with van der Waals surface area (Å²) in [7, 11) is 3.36. The van der Waals surface area contributed by atoms with Crippen molar-refractivity contribution in [2.24, 2.45) is 0 Å². The average Bonchev–Trinajstić information content (AvgIpc) is 3.08. The van der Waals surface area contributed by atoms with E-state index in [0.29, 0.717) is 12.8 Å². The van der Waals surface area contributed by atoms with Crippen LogP contribution >= 0.6 is 0 Å². The first-order valence-electron chi connectivity index (χ1n) is 8.57. The minimum absolute atomic E-state index is 0.221. The zero-order valence-corrected chi connectivity index (χ0v) is 14.8. The highest BCUT2D eigenvalue weighted by atomic mass is 16.7. The number of benzene rings is 2. The summed E-state index contributed by atoms with van der Waals surface area (Å²) in [6, 6.07) is 11.0. The van der Waals surface area contributed by atoms with Gasteiger partial charge >= 0.3 is 0 Å². The van der Waals surface area contributed by atoms with E-state index in [-0.39, 0.29) is 6.04 Å². The average molecular weight is 341 g/mol. The monoisotopic (exact) mass is 341 g/mol. The third-order valence-electron chi connectivity index (χ3n) is 4.91. The normalized spacial score (nSPS) is 20.9. The molecule has 1 N–H and O–H groups in total. The van der Waals surface area contributed by atoms with Gasteiger partial charge < -0.3 is 24.3 Å². The van der Waals surface area contributed by atoms with Crippen LogP contribution in [0, 0.1) is 0 Å². The standard InChI is InChI=1S/C20H23NO4/c1-12-6-14-9-18(22-2)19(23-3)10-15(14)16(21-12)7-13-4-5-17-20(8-13)25-11-24-17/h4-5,8-10,12,16,21H,6-7,11H2,1-3H3. The summed E-state index contributed by atoms with van der Waals surface area (Å²) in [5.74, 6) is 3.21. The van der Waals surface area contributed by atoms with Crippen molar-refractivity contribution in [3.05, 3.63) is 47.0 Å². The Morgan fingerprint density at radius 2 is 1.80 bits per heavy atom. The quantitative estimate of drug-likeness (QED) is 0.925. The maximum atomic E-state index is 5.51. The van der Waals surface area contributed by atoms with Gasteiger partial charge in [0.25, 0.3) is 0 Å². The molecule has 0 aromatic heterocycles. The van der Waals surface area contributed by atoms with E-state index < -0.39 is 0 Å². The largest absolute Gasteiger partial charge is 0.493 e. The van der Waals surface area contributed by atoms with Crippen LogP contribution in [0.1, 0.15) is 29.7 Å². The van der Waals surface area contributed by atoms with Crippen LogP contribution in [0.4, 0.5) is 0 Å². The van der Waals surface area contributed by atoms with Gasteiger partial charge in [-0.05, 0) is 60.7 Å². The predicted molar refractivity (Wildman–Crippen MR) is 94.9 cm³/mol. The molecule has 0 saturated heterocycles. The van der Waals surface area contributed by atoms with Crippen molar-refractivity contribution < 1.29 is 18.9 Å². The van der Waals surface area contributed by atoms with Crippen LogP contribution in [0.2, 0.25) is 0 Å². The van der Waals surface area contributed by atoms with E-state index in [1.807, 2.05) is 6.07 Å². The minimum Gasteiger partial charge on any atom is -0.493 e. The maximum Gasteiger partial charge on any atom is 0.231 e. The fourth-order valence-electron chi connectivity index (χ4n) is 3.73. The molecule has 2 aliphatic rings. The molecule has 2 atom stereocenters. The Hall–Kier alpha value is -2.40. The van der Waals surface area contributed by atoms with E-state index >= 15 is 0 Å². The number of nitrogens with one attached hydrogen (secondary N) is 1. The lowest BCUT2D eigenvalue weighted by Crippen LogP contribution is -2.38. The van der Waals surface area contributed by atoms with Crippen molar-refractivity contribution in [2.75, 3.05) is 21.0 Å². The first-order chi connectivity index (χ1) is 12.2. The van der Waals surface area contributed by atoms with Crippen LogP contribution in [0.5, 0.6) is 23.0 Å². The third kappa shape index (κ3) is 3.00. The van der Waals surface area contributed by atoms with Crippen molar-refractivity contribution >= 4 is 0 Å². The summed E-state index contributed by atoms with van der Waals surface area (Å²) in [5.41, 5.74) is 3.81. The molecular weight excluding hydrogens is 318 g/mol. The third-order valence-corrected chi connectivity index (χ3v) is 4.91. The second-order valence-electron chi connectivity index (χ2n) is 6.62. The number of methoxy groups -OCH3 is 2. The zero-order chi connectivity index (χ0) is 17.4. The molecule has 0 saturated carbocycles. The number of hydrogen-bond donors (Lipinski definition) is 1. The lowest BCUT2D eigenvalue weighted by molar-refractivity contribution is 0.174. The summed E-state index contributed by atoms with van der Waals surface area (Å²) in [6.45, 7) is 2.52. The second kappa shape index (κ2) is 6.48. The molecular formula is C20H23NO4. The van der Waals surface area contributed by atoms with Crippen LogP contribution in [-0.4, -0.2) is 27.1 Å². The van der Waals surface area contributed by atoms with Crippen molar-refractivity contribution in [3.63, 3.8) is 0 Å². The summed E-state index contributed by atoms with van der Waals surface area (Å²) < 4.78 is 21.9. The Labute approximate surface area is 147 Å². The fourth-order valence-corrected chi connectivity index (χ4v) is 3.73. The molecule has 0 amide bonds. The number of hydrogen-bond acceptors (Lipinski definition) is 5. The molecule has 4 rings (SSSR count). The molecule has 2 aliphatic heterocycles. The Morgan fingerprint density at radius 3 is 2.60 bits per heavy atom. The van der Waals surface area contributed by atoms with Crippen molar-refractivity contribution in [1.82, 2.24) is 5.32 Å². The number of rotatable bonds is 4. The first kappa shape index (κ1) is 16.1. The van der Waals surface area contributed by atoms with Gasteiger partial charge in [0, 0.05) is 12.1 Å². The number of fused-ring (bicyclic) bond motifs is 2. The van der Waals surface area contributed by atoms with E-state index in [9.17, 15) is 0 Å². The Morgan fingerprint density at radius 1 is 1.04 bits per heavy atom. The van der Waals surface area contributed by atoms with E-state index in [1.165, 1.54) is 16.7 Å². The second-order valence-corrected chi connectivity index (χ2v) is 6.62. The van der Waals surface area contributed by atoms with Crippen LogP contribution in [0.25, 0.3) is 0 Å². The zero-order valence-electron chi connectivity index (χ0n) is 14.8. The van der Waals surface area contributed by atoms with Crippen LogP contribution in [0.3, 0.4) is 0 Å². The van der Waals surface area contributed by atoms with Gasteiger partial charge in [-0.15, -0.1) is 0 Å². The van der Waals surface area contributed by atoms with Gasteiger partial charge in [0.1, 0.15) is 0 Å². The van der Waals surface area contributed by atoms with Crippen LogP contribution < -0.4 is 24.3 Å². The van der Waals surface area contributed by atoms with E-state index in [4.69, 9.17) is 18.9 Å². The molecule has 2 heterocycles. The SMILES string of the molecule is COc1cc2c(cc1OC)C(Cc1ccc3c(c1)OCO3)NC(C)C2. The summed E-state index contributed by atoms with van der Waals surface area (Å²) in [6.07, 6.45) is 1.86.